The van der Waals surface area contributed by atoms with Crippen LogP contribution in [0.2, 0.25) is 0 Å². The summed E-state index contributed by atoms with van der Waals surface area (Å²) in [5.41, 5.74) is 0.332. The SMILES string of the molecule is CCC(=O)OCC(=O)O[C@H](C)[C@@H]1CCCC(C)(C)C1. The monoisotopic (exact) mass is 270 g/mol. The van der Waals surface area contributed by atoms with Gasteiger partial charge in [-0.15, -0.1) is 0 Å². The number of hydrogen-bond acceptors (Lipinski definition) is 4. The van der Waals surface area contributed by atoms with E-state index in [2.05, 4.69) is 13.8 Å². The molecule has 0 heterocycles. The van der Waals surface area contributed by atoms with Gasteiger partial charge in [-0.25, -0.2) is 4.79 Å². The first-order valence-electron chi connectivity index (χ1n) is 7.19. The first-order chi connectivity index (χ1) is 8.84. The maximum atomic E-state index is 11.6. The van der Waals surface area contributed by atoms with E-state index in [4.69, 9.17) is 9.47 Å². The predicted molar refractivity (Wildman–Crippen MR) is 72.5 cm³/mol. The average molecular weight is 270 g/mol. The van der Waals surface area contributed by atoms with Gasteiger partial charge in [0, 0.05) is 6.42 Å². The fourth-order valence-electron chi connectivity index (χ4n) is 2.74. The smallest absolute Gasteiger partial charge is 0.344 e. The van der Waals surface area contributed by atoms with Gasteiger partial charge in [-0.2, -0.15) is 0 Å². The Labute approximate surface area is 115 Å². The second-order valence-electron chi connectivity index (χ2n) is 6.23. The van der Waals surface area contributed by atoms with Gasteiger partial charge in [0.2, 0.25) is 0 Å². The van der Waals surface area contributed by atoms with Crippen LogP contribution in [0.5, 0.6) is 0 Å². The van der Waals surface area contributed by atoms with E-state index in [-0.39, 0.29) is 25.1 Å². The molecule has 4 nitrogen and oxygen atoms in total. The summed E-state index contributed by atoms with van der Waals surface area (Å²) in [6, 6.07) is 0. The van der Waals surface area contributed by atoms with Crippen molar-refractivity contribution >= 4 is 11.9 Å². The first kappa shape index (κ1) is 16.0. The lowest BCUT2D eigenvalue weighted by atomic mass is 9.71. The minimum atomic E-state index is -0.447. The maximum Gasteiger partial charge on any atom is 0.344 e. The van der Waals surface area contributed by atoms with Crippen molar-refractivity contribution in [2.75, 3.05) is 6.61 Å². The largest absolute Gasteiger partial charge is 0.460 e. The molecular weight excluding hydrogens is 244 g/mol. The average Bonchev–Trinajstić information content (AvgIpc) is 2.34. The molecule has 4 heteroatoms. The molecule has 0 spiro atoms. The number of hydrogen-bond donors (Lipinski definition) is 0. The topological polar surface area (TPSA) is 52.6 Å². The fraction of sp³-hybridized carbons (Fsp3) is 0.867. The van der Waals surface area contributed by atoms with E-state index < -0.39 is 5.97 Å². The molecule has 0 radical (unpaired) electrons. The summed E-state index contributed by atoms with van der Waals surface area (Å²) in [7, 11) is 0. The van der Waals surface area contributed by atoms with E-state index in [0.29, 0.717) is 11.3 Å². The quantitative estimate of drug-likeness (QED) is 0.720. The zero-order valence-electron chi connectivity index (χ0n) is 12.5. The molecule has 0 aromatic rings. The Balaban J connectivity index is 2.35. The van der Waals surface area contributed by atoms with E-state index in [1.54, 1.807) is 6.92 Å². The molecule has 0 saturated heterocycles. The molecule has 1 saturated carbocycles. The van der Waals surface area contributed by atoms with Gasteiger partial charge in [0.15, 0.2) is 6.61 Å². The zero-order chi connectivity index (χ0) is 14.5. The second kappa shape index (κ2) is 6.92. The van der Waals surface area contributed by atoms with Gasteiger partial charge in [0.05, 0.1) is 0 Å². The van der Waals surface area contributed by atoms with Crippen LogP contribution in [-0.2, 0) is 19.1 Å². The van der Waals surface area contributed by atoms with Crippen LogP contribution in [0.15, 0.2) is 0 Å². The Hall–Kier alpha value is -1.06. The normalized spacial score (nSPS) is 23.5. The Morgan fingerprint density at radius 1 is 1.32 bits per heavy atom. The number of rotatable bonds is 5. The molecule has 0 bridgehead atoms. The molecule has 0 aliphatic heterocycles. The van der Waals surface area contributed by atoms with Crippen LogP contribution in [0.25, 0.3) is 0 Å². The van der Waals surface area contributed by atoms with Crippen LogP contribution in [0.1, 0.15) is 59.8 Å². The fourth-order valence-corrected chi connectivity index (χ4v) is 2.74. The van der Waals surface area contributed by atoms with E-state index in [9.17, 15) is 9.59 Å². The number of esters is 2. The van der Waals surface area contributed by atoms with Gasteiger partial charge >= 0.3 is 11.9 Å². The van der Waals surface area contributed by atoms with Crippen molar-refractivity contribution in [3.63, 3.8) is 0 Å². The zero-order valence-corrected chi connectivity index (χ0v) is 12.5. The molecule has 1 rings (SSSR count). The molecule has 0 aromatic heterocycles. The summed E-state index contributed by atoms with van der Waals surface area (Å²) >= 11 is 0. The summed E-state index contributed by atoms with van der Waals surface area (Å²) in [5.74, 6) is -0.407. The van der Waals surface area contributed by atoms with Gasteiger partial charge in [-0.05, 0) is 37.5 Å². The van der Waals surface area contributed by atoms with Crippen molar-refractivity contribution in [2.45, 2.75) is 65.9 Å². The molecule has 0 N–H and O–H groups in total. The standard InChI is InChI=1S/C15H26O4/c1-5-13(16)18-10-14(17)19-11(2)12-7-6-8-15(3,4)9-12/h11-12H,5-10H2,1-4H3/t11-,12-/m1/s1. The van der Waals surface area contributed by atoms with Gasteiger partial charge in [-0.1, -0.05) is 27.2 Å². The number of ether oxygens (including phenoxy) is 2. The third-order valence-corrected chi connectivity index (χ3v) is 3.86. The minimum absolute atomic E-state index is 0.104. The predicted octanol–water partition coefficient (Wildman–Crippen LogP) is 3.09. The molecular formula is C15H26O4. The molecule has 0 aromatic carbocycles. The van der Waals surface area contributed by atoms with Crippen LogP contribution in [0, 0.1) is 11.3 Å². The van der Waals surface area contributed by atoms with Crippen LogP contribution in [0.4, 0.5) is 0 Å². The molecule has 1 fully saturated rings. The molecule has 110 valence electrons. The lowest BCUT2D eigenvalue weighted by molar-refractivity contribution is -0.164. The minimum Gasteiger partial charge on any atom is -0.460 e. The van der Waals surface area contributed by atoms with E-state index in [1.807, 2.05) is 6.92 Å². The highest BCUT2D eigenvalue weighted by atomic mass is 16.6. The summed E-state index contributed by atoms with van der Waals surface area (Å²) in [6.45, 7) is 7.88. The van der Waals surface area contributed by atoms with E-state index >= 15 is 0 Å². The van der Waals surface area contributed by atoms with Crippen molar-refractivity contribution in [1.29, 1.82) is 0 Å². The van der Waals surface area contributed by atoms with Crippen LogP contribution >= 0.6 is 0 Å². The summed E-state index contributed by atoms with van der Waals surface area (Å²) < 4.78 is 10.1. The van der Waals surface area contributed by atoms with Gasteiger partial charge in [0.25, 0.3) is 0 Å². The third-order valence-electron chi connectivity index (χ3n) is 3.86. The van der Waals surface area contributed by atoms with Crippen molar-refractivity contribution in [1.82, 2.24) is 0 Å². The highest BCUT2D eigenvalue weighted by Gasteiger charge is 2.32. The Morgan fingerprint density at radius 3 is 2.58 bits per heavy atom. The first-order valence-corrected chi connectivity index (χ1v) is 7.19. The Kier molecular flexibility index (Phi) is 5.83. The van der Waals surface area contributed by atoms with Crippen molar-refractivity contribution in [3.05, 3.63) is 0 Å². The summed E-state index contributed by atoms with van der Waals surface area (Å²) in [5, 5.41) is 0. The molecule has 1 aliphatic rings. The number of carbonyl (C=O) groups excluding carboxylic acids is 2. The van der Waals surface area contributed by atoms with Gasteiger partial charge in [-0.3, -0.25) is 4.79 Å². The Bertz CT molecular complexity index is 322. The van der Waals surface area contributed by atoms with Crippen molar-refractivity contribution in [2.24, 2.45) is 11.3 Å². The molecule has 19 heavy (non-hydrogen) atoms. The van der Waals surface area contributed by atoms with Crippen LogP contribution < -0.4 is 0 Å². The van der Waals surface area contributed by atoms with Crippen LogP contribution in [0.3, 0.4) is 0 Å². The second-order valence-corrected chi connectivity index (χ2v) is 6.23. The lowest BCUT2D eigenvalue weighted by Gasteiger charge is -2.37. The van der Waals surface area contributed by atoms with Crippen molar-refractivity contribution in [3.8, 4) is 0 Å². The van der Waals surface area contributed by atoms with E-state index in [0.717, 1.165) is 12.8 Å². The molecule has 0 unspecified atom stereocenters. The third kappa shape index (κ3) is 5.62. The molecule has 2 atom stereocenters. The summed E-state index contributed by atoms with van der Waals surface area (Å²) in [4.78, 5) is 22.5. The molecule has 1 aliphatic carbocycles. The van der Waals surface area contributed by atoms with Gasteiger partial charge < -0.3 is 9.47 Å². The highest BCUT2D eigenvalue weighted by molar-refractivity contribution is 5.76. The molecule has 0 amide bonds. The maximum absolute atomic E-state index is 11.6. The summed E-state index contributed by atoms with van der Waals surface area (Å²) in [6.07, 6.45) is 4.78. The van der Waals surface area contributed by atoms with Crippen molar-refractivity contribution < 1.29 is 19.1 Å². The number of carbonyl (C=O) groups is 2. The van der Waals surface area contributed by atoms with Crippen LogP contribution in [-0.4, -0.2) is 24.6 Å². The highest BCUT2D eigenvalue weighted by Crippen LogP contribution is 2.40. The Morgan fingerprint density at radius 2 is 2.00 bits per heavy atom. The van der Waals surface area contributed by atoms with E-state index in [1.165, 1.54) is 12.8 Å². The lowest BCUT2D eigenvalue weighted by Crippen LogP contribution is -2.33. The van der Waals surface area contributed by atoms with Gasteiger partial charge in [0.1, 0.15) is 6.10 Å².